The van der Waals surface area contributed by atoms with Gasteiger partial charge in [-0.05, 0) is 11.8 Å². The van der Waals surface area contributed by atoms with Gasteiger partial charge in [-0.25, -0.2) is 0 Å². The van der Waals surface area contributed by atoms with Crippen molar-refractivity contribution in [2.24, 2.45) is 11.3 Å². The second kappa shape index (κ2) is 4.87. The molecule has 1 heterocycles. The van der Waals surface area contributed by atoms with Gasteiger partial charge < -0.3 is 0 Å². The lowest BCUT2D eigenvalue weighted by atomic mass is 9.87. The smallest absolute Gasteiger partial charge is 0.0794 e. The number of rotatable bonds is 4. The molecule has 3 N–H and O–H groups in total. The molecular formula is C10H19N3S. The van der Waals surface area contributed by atoms with Crippen LogP contribution in [0.25, 0.3) is 0 Å². The Kier molecular flexibility index (Phi) is 4.04. The maximum absolute atomic E-state index is 5.53. The number of nitrogens with two attached hydrogens (primary N) is 1. The maximum Gasteiger partial charge on any atom is 0.0794 e. The highest BCUT2D eigenvalue weighted by atomic mass is 32.1. The lowest BCUT2D eigenvalue weighted by Crippen LogP contribution is -2.39. The normalized spacial score (nSPS) is 14.3. The minimum Gasteiger partial charge on any atom is -0.271 e. The fourth-order valence-corrected chi connectivity index (χ4v) is 2.19. The summed E-state index contributed by atoms with van der Waals surface area (Å²) >= 11 is 1.69. The van der Waals surface area contributed by atoms with E-state index in [1.165, 1.54) is 4.88 Å². The lowest BCUT2D eigenvalue weighted by molar-refractivity contribution is 0.309. The number of hydrogen-bond donors (Lipinski definition) is 2. The summed E-state index contributed by atoms with van der Waals surface area (Å²) in [6, 6.07) is 0.343. The largest absolute Gasteiger partial charge is 0.271 e. The Balaban J connectivity index is 2.47. The third-order valence-electron chi connectivity index (χ3n) is 2.03. The molecule has 1 rings (SSSR count). The van der Waals surface area contributed by atoms with Crippen LogP contribution < -0.4 is 11.3 Å². The number of thiazole rings is 1. The van der Waals surface area contributed by atoms with E-state index in [9.17, 15) is 0 Å². The number of hydrogen-bond acceptors (Lipinski definition) is 4. The van der Waals surface area contributed by atoms with Crippen LogP contribution in [0.5, 0.6) is 0 Å². The molecule has 0 aliphatic carbocycles. The molecule has 0 radical (unpaired) electrons. The van der Waals surface area contributed by atoms with Gasteiger partial charge in [-0.3, -0.25) is 16.3 Å². The second-order valence-electron chi connectivity index (χ2n) is 4.80. The highest BCUT2D eigenvalue weighted by Crippen LogP contribution is 2.22. The van der Waals surface area contributed by atoms with Gasteiger partial charge in [0.25, 0.3) is 0 Å². The van der Waals surface area contributed by atoms with Crippen molar-refractivity contribution in [1.29, 1.82) is 0 Å². The molecule has 0 aromatic carbocycles. The number of nitrogens with zero attached hydrogens (tertiary/aromatic N) is 1. The van der Waals surface area contributed by atoms with Crippen molar-refractivity contribution in [1.82, 2.24) is 10.4 Å². The minimum atomic E-state index is 0.307. The quantitative estimate of drug-likeness (QED) is 0.594. The van der Waals surface area contributed by atoms with Gasteiger partial charge in [-0.1, -0.05) is 20.8 Å². The second-order valence-corrected chi connectivity index (χ2v) is 5.77. The molecule has 0 aliphatic heterocycles. The van der Waals surface area contributed by atoms with Crippen LogP contribution >= 0.6 is 11.3 Å². The molecule has 1 atom stereocenters. The summed E-state index contributed by atoms with van der Waals surface area (Å²) in [5, 5.41) is 0. The number of aromatic nitrogens is 1. The van der Waals surface area contributed by atoms with Crippen molar-refractivity contribution in [3.8, 4) is 0 Å². The van der Waals surface area contributed by atoms with Crippen molar-refractivity contribution in [2.75, 3.05) is 0 Å². The monoisotopic (exact) mass is 213 g/mol. The lowest BCUT2D eigenvalue weighted by Gasteiger charge is -2.24. The van der Waals surface area contributed by atoms with Crippen molar-refractivity contribution < 1.29 is 0 Å². The Bertz CT molecular complexity index is 251. The van der Waals surface area contributed by atoms with Gasteiger partial charge in [0, 0.05) is 23.5 Å². The zero-order chi connectivity index (χ0) is 10.6. The van der Waals surface area contributed by atoms with Gasteiger partial charge in [0.1, 0.15) is 0 Å². The fraction of sp³-hybridized carbons (Fsp3) is 0.700. The van der Waals surface area contributed by atoms with E-state index in [-0.39, 0.29) is 0 Å². The molecule has 0 saturated heterocycles. The van der Waals surface area contributed by atoms with Crippen LogP contribution in [0, 0.1) is 5.41 Å². The molecule has 4 heteroatoms. The molecule has 0 saturated carbocycles. The molecule has 0 aliphatic rings. The predicted molar refractivity (Wildman–Crippen MR) is 61.0 cm³/mol. The molecule has 1 aromatic rings. The predicted octanol–water partition coefficient (Wildman–Crippen LogP) is 1.95. The van der Waals surface area contributed by atoms with Crippen molar-refractivity contribution in [3.05, 3.63) is 16.6 Å². The zero-order valence-corrected chi connectivity index (χ0v) is 9.90. The summed E-state index contributed by atoms with van der Waals surface area (Å²) in [6.45, 7) is 6.68. The topological polar surface area (TPSA) is 50.9 Å². The molecule has 3 nitrogen and oxygen atoms in total. The van der Waals surface area contributed by atoms with E-state index in [4.69, 9.17) is 5.84 Å². The third-order valence-corrected chi connectivity index (χ3v) is 2.83. The number of hydrazine groups is 1. The molecule has 14 heavy (non-hydrogen) atoms. The average molecular weight is 213 g/mol. The molecule has 1 aromatic heterocycles. The third kappa shape index (κ3) is 4.17. The molecule has 0 spiro atoms. The van der Waals surface area contributed by atoms with Crippen LogP contribution in [0.4, 0.5) is 0 Å². The van der Waals surface area contributed by atoms with Crippen molar-refractivity contribution in [2.45, 2.75) is 39.7 Å². The zero-order valence-electron chi connectivity index (χ0n) is 9.08. The molecule has 80 valence electrons. The molecular weight excluding hydrogens is 194 g/mol. The van der Waals surface area contributed by atoms with Crippen LogP contribution in [-0.2, 0) is 6.42 Å². The highest BCUT2D eigenvalue weighted by Gasteiger charge is 2.18. The van der Waals surface area contributed by atoms with Gasteiger partial charge in [-0.15, -0.1) is 11.3 Å². The van der Waals surface area contributed by atoms with Crippen LogP contribution in [0.3, 0.4) is 0 Å². The SMILES string of the molecule is CC(C)(C)CC(Cc1cncs1)NN. The highest BCUT2D eigenvalue weighted by molar-refractivity contribution is 7.09. The summed E-state index contributed by atoms with van der Waals surface area (Å²) < 4.78 is 0. The van der Waals surface area contributed by atoms with Gasteiger partial charge in [0.15, 0.2) is 0 Å². The van der Waals surface area contributed by atoms with E-state index in [0.717, 1.165) is 12.8 Å². The summed E-state index contributed by atoms with van der Waals surface area (Å²) in [7, 11) is 0. The van der Waals surface area contributed by atoms with E-state index >= 15 is 0 Å². The fourth-order valence-electron chi connectivity index (χ4n) is 1.52. The van der Waals surface area contributed by atoms with Crippen LogP contribution in [-0.4, -0.2) is 11.0 Å². The first-order valence-corrected chi connectivity index (χ1v) is 5.73. The van der Waals surface area contributed by atoms with Gasteiger partial charge in [0.05, 0.1) is 5.51 Å². The Labute approximate surface area is 89.7 Å². The summed E-state index contributed by atoms with van der Waals surface area (Å²) in [4.78, 5) is 5.35. The maximum atomic E-state index is 5.53. The van der Waals surface area contributed by atoms with E-state index in [1.807, 2.05) is 11.7 Å². The Morgan fingerprint density at radius 1 is 1.57 bits per heavy atom. The van der Waals surface area contributed by atoms with Gasteiger partial charge in [-0.2, -0.15) is 0 Å². The molecule has 0 fully saturated rings. The Morgan fingerprint density at radius 3 is 2.71 bits per heavy atom. The minimum absolute atomic E-state index is 0.307. The first kappa shape index (κ1) is 11.6. The van der Waals surface area contributed by atoms with Gasteiger partial charge >= 0.3 is 0 Å². The molecule has 0 amide bonds. The Morgan fingerprint density at radius 2 is 2.29 bits per heavy atom. The van der Waals surface area contributed by atoms with Crippen molar-refractivity contribution >= 4 is 11.3 Å². The molecule has 1 unspecified atom stereocenters. The summed E-state index contributed by atoms with van der Waals surface area (Å²) in [5.41, 5.74) is 5.04. The van der Waals surface area contributed by atoms with Gasteiger partial charge in [0.2, 0.25) is 0 Å². The summed E-state index contributed by atoms with van der Waals surface area (Å²) in [6.07, 6.45) is 3.96. The average Bonchev–Trinajstić information content (AvgIpc) is 2.53. The first-order chi connectivity index (χ1) is 6.51. The van der Waals surface area contributed by atoms with E-state index in [0.29, 0.717) is 11.5 Å². The molecule has 0 bridgehead atoms. The first-order valence-electron chi connectivity index (χ1n) is 4.85. The van der Waals surface area contributed by atoms with Crippen LogP contribution in [0.15, 0.2) is 11.7 Å². The van der Waals surface area contributed by atoms with Crippen LogP contribution in [0.2, 0.25) is 0 Å². The Hall–Kier alpha value is -0.450. The summed E-state index contributed by atoms with van der Waals surface area (Å²) in [5.74, 6) is 5.53. The van der Waals surface area contributed by atoms with Crippen LogP contribution in [0.1, 0.15) is 32.1 Å². The van der Waals surface area contributed by atoms with E-state index < -0.39 is 0 Å². The van der Waals surface area contributed by atoms with Crippen molar-refractivity contribution in [3.63, 3.8) is 0 Å². The van der Waals surface area contributed by atoms with E-state index in [1.54, 1.807) is 11.3 Å². The standard InChI is InChI=1S/C10H19N3S/c1-10(2,3)5-8(13-11)4-9-6-12-7-14-9/h6-8,13H,4-5,11H2,1-3H3. The number of nitrogens with one attached hydrogen (secondary N) is 1. The van der Waals surface area contributed by atoms with E-state index in [2.05, 4.69) is 31.2 Å².